The van der Waals surface area contributed by atoms with Crippen LogP contribution in [0.5, 0.6) is 0 Å². The van der Waals surface area contributed by atoms with Crippen molar-refractivity contribution in [3.05, 3.63) is 0 Å². The Kier molecular flexibility index (Phi) is 9.54. The molecule has 0 aliphatic heterocycles. The maximum Gasteiger partial charge on any atom is 0.320 e. The van der Waals surface area contributed by atoms with Crippen LogP contribution in [-0.2, 0) is 9.59 Å². The maximum absolute atomic E-state index is 10.1. The first kappa shape index (κ1) is 13.8. The average Bonchev–Trinajstić information content (AvgIpc) is 2.03. The van der Waals surface area contributed by atoms with Crippen molar-refractivity contribution in [3.63, 3.8) is 0 Å². The lowest BCUT2D eigenvalue weighted by Gasteiger charge is -2.01. The SMILES string of the molecule is NC(=O)CCC(N)C(=O)O.OS. The smallest absolute Gasteiger partial charge is 0.320 e. The molecule has 72 valence electrons. The van der Waals surface area contributed by atoms with Crippen LogP contribution in [0.2, 0.25) is 0 Å². The van der Waals surface area contributed by atoms with E-state index in [1.807, 2.05) is 0 Å². The van der Waals surface area contributed by atoms with Crippen molar-refractivity contribution in [1.82, 2.24) is 0 Å². The van der Waals surface area contributed by atoms with Crippen LogP contribution < -0.4 is 11.5 Å². The molecule has 0 spiro atoms. The number of rotatable bonds is 4. The van der Waals surface area contributed by atoms with Gasteiger partial charge in [-0.15, -0.1) is 0 Å². The molecule has 0 aliphatic rings. The van der Waals surface area contributed by atoms with Crippen LogP contribution in [0, 0.1) is 0 Å². The molecule has 0 aromatic heterocycles. The zero-order chi connectivity index (χ0) is 10.1. The summed E-state index contributed by atoms with van der Waals surface area (Å²) in [5, 5.41) is 8.22. The molecular formula is C5H12N2O4S. The van der Waals surface area contributed by atoms with E-state index in [1.54, 1.807) is 0 Å². The third kappa shape index (κ3) is 9.21. The second kappa shape index (κ2) is 8.31. The summed E-state index contributed by atoms with van der Waals surface area (Å²) < 4.78 is 6.69. The number of carbonyl (C=O) groups excluding carboxylic acids is 1. The van der Waals surface area contributed by atoms with Crippen molar-refractivity contribution in [2.75, 3.05) is 0 Å². The zero-order valence-electron chi connectivity index (χ0n) is 6.30. The molecule has 1 amide bonds. The molecule has 0 fully saturated rings. The van der Waals surface area contributed by atoms with E-state index in [0.717, 1.165) is 0 Å². The molecular weight excluding hydrogens is 184 g/mol. The molecule has 12 heavy (non-hydrogen) atoms. The first-order chi connectivity index (χ1) is 5.54. The third-order valence-corrected chi connectivity index (χ3v) is 1.02. The summed E-state index contributed by atoms with van der Waals surface area (Å²) in [5.41, 5.74) is 9.81. The predicted molar refractivity (Wildman–Crippen MR) is 45.7 cm³/mol. The van der Waals surface area contributed by atoms with Crippen LogP contribution in [0.15, 0.2) is 0 Å². The Bertz CT molecular complexity index is 152. The van der Waals surface area contributed by atoms with Gasteiger partial charge in [0.2, 0.25) is 5.91 Å². The summed E-state index contributed by atoms with van der Waals surface area (Å²) >= 11 is 2.53. The molecule has 0 aromatic rings. The molecule has 0 heterocycles. The van der Waals surface area contributed by atoms with Crippen LogP contribution in [0.25, 0.3) is 0 Å². The Morgan fingerprint density at radius 3 is 2.08 bits per heavy atom. The Balaban J connectivity index is 0. The number of carboxylic acid groups (broad SMARTS) is 1. The molecule has 0 saturated heterocycles. The number of thiol groups is 1. The number of hydrogen-bond acceptors (Lipinski definition) is 5. The Hall–Kier alpha value is -0.790. The summed E-state index contributed by atoms with van der Waals surface area (Å²) in [4.78, 5) is 20.1. The second-order valence-corrected chi connectivity index (χ2v) is 1.95. The molecule has 6 N–H and O–H groups in total. The van der Waals surface area contributed by atoms with Gasteiger partial charge < -0.3 is 21.1 Å². The van der Waals surface area contributed by atoms with E-state index >= 15 is 0 Å². The highest BCUT2D eigenvalue weighted by molar-refractivity contribution is 7.74. The van der Waals surface area contributed by atoms with Gasteiger partial charge in [-0.25, -0.2) is 0 Å². The second-order valence-electron chi connectivity index (χ2n) is 1.95. The molecule has 7 heteroatoms. The number of aliphatic carboxylic acids is 1. The number of hydrogen-bond donors (Lipinski definition) is 5. The van der Waals surface area contributed by atoms with Gasteiger partial charge in [-0.3, -0.25) is 9.59 Å². The van der Waals surface area contributed by atoms with E-state index in [0.29, 0.717) is 0 Å². The van der Waals surface area contributed by atoms with Gasteiger partial charge >= 0.3 is 5.97 Å². The minimum atomic E-state index is -1.11. The monoisotopic (exact) mass is 196 g/mol. The van der Waals surface area contributed by atoms with Crippen molar-refractivity contribution >= 4 is 24.8 Å². The number of primary amides is 1. The highest BCUT2D eigenvalue weighted by Crippen LogP contribution is 1.92. The lowest BCUT2D eigenvalue weighted by atomic mass is 10.2. The average molecular weight is 196 g/mol. The summed E-state index contributed by atoms with van der Waals surface area (Å²) in [7, 11) is 0. The first-order valence-corrected chi connectivity index (χ1v) is 3.40. The van der Waals surface area contributed by atoms with Gasteiger partial charge in [-0.2, -0.15) is 0 Å². The van der Waals surface area contributed by atoms with Gasteiger partial charge in [0.15, 0.2) is 0 Å². The van der Waals surface area contributed by atoms with Gasteiger partial charge in [0.05, 0.1) is 0 Å². The van der Waals surface area contributed by atoms with Crippen molar-refractivity contribution in [2.45, 2.75) is 18.9 Å². The molecule has 0 radical (unpaired) electrons. The molecule has 0 aliphatic carbocycles. The largest absolute Gasteiger partial charge is 0.480 e. The number of carboxylic acids is 1. The van der Waals surface area contributed by atoms with Crippen LogP contribution in [0.1, 0.15) is 12.8 Å². The fourth-order valence-electron chi connectivity index (χ4n) is 0.421. The highest BCUT2D eigenvalue weighted by atomic mass is 32.1. The standard InChI is InChI=1S/C5H10N2O3.H2OS/c6-3(5(9)10)1-2-4(7)8;1-2/h3H,1-2,6H2,(H2,7,8)(H,9,10);1-2H. The highest BCUT2D eigenvalue weighted by Gasteiger charge is 2.11. The van der Waals surface area contributed by atoms with Gasteiger partial charge in [-0.1, -0.05) is 0 Å². The number of carbonyl (C=O) groups is 2. The Morgan fingerprint density at radius 1 is 1.42 bits per heavy atom. The van der Waals surface area contributed by atoms with Gasteiger partial charge in [-0.05, 0) is 19.3 Å². The predicted octanol–water partition coefficient (Wildman–Crippen LogP) is -0.947. The first-order valence-electron chi connectivity index (χ1n) is 3.00. The number of amides is 1. The lowest BCUT2D eigenvalue weighted by Crippen LogP contribution is -2.31. The molecule has 0 rings (SSSR count). The quantitative estimate of drug-likeness (QED) is 0.293. The maximum atomic E-state index is 10.1. The Labute approximate surface area is 75.2 Å². The topological polar surface area (TPSA) is 127 Å². The zero-order valence-corrected chi connectivity index (χ0v) is 7.20. The van der Waals surface area contributed by atoms with Gasteiger partial charge in [0.1, 0.15) is 6.04 Å². The van der Waals surface area contributed by atoms with E-state index in [9.17, 15) is 9.59 Å². The molecule has 1 atom stereocenters. The van der Waals surface area contributed by atoms with Gasteiger partial charge in [0, 0.05) is 6.42 Å². The van der Waals surface area contributed by atoms with Crippen molar-refractivity contribution in [1.29, 1.82) is 0 Å². The summed E-state index contributed by atoms with van der Waals surface area (Å²) in [6, 6.07) is -0.979. The van der Waals surface area contributed by atoms with Crippen LogP contribution in [0.4, 0.5) is 0 Å². The lowest BCUT2D eigenvalue weighted by molar-refractivity contribution is -0.138. The van der Waals surface area contributed by atoms with E-state index < -0.39 is 17.9 Å². The summed E-state index contributed by atoms with van der Waals surface area (Å²) in [6.07, 6.45) is 0.123. The van der Waals surface area contributed by atoms with Crippen molar-refractivity contribution in [2.24, 2.45) is 11.5 Å². The van der Waals surface area contributed by atoms with E-state index in [-0.39, 0.29) is 12.8 Å². The minimum absolute atomic E-state index is 0.0213. The van der Waals surface area contributed by atoms with Crippen LogP contribution in [-0.4, -0.2) is 27.6 Å². The van der Waals surface area contributed by atoms with Crippen molar-refractivity contribution < 1.29 is 19.2 Å². The number of nitrogens with two attached hydrogens (primary N) is 2. The van der Waals surface area contributed by atoms with Gasteiger partial charge in [0.25, 0.3) is 0 Å². The molecule has 0 bridgehead atoms. The molecule has 0 saturated carbocycles. The minimum Gasteiger partial charge on any atom is -0.480 e. The fourth-order valence-corrected chi connectivity index (χ4v) is 0.421. The normalized spacial score (nSPS) is 10.9. The van der Waals surface area contributed by atoms with Crippen LogP contribution >= 0.6 is 12.9 Å². The molecule has 6 nitrogen and oxygen atoms in total. The molecule has 0 aromatic carbocycles. The van der Waals surface area contributed by atoms with E-state index in [4.69, 9.17) is 21.1 Å². The summed E-state index contributed by atoms with van der Waals surface area (Å²) in [5.74, 6) is -1.64. The third-order valence-electron chi connectivity index (χ3n) is 1.02. The van der Waals surface area contributed by atoms with Crippen LogP contribution in [0.3, 0.4) is 0 Å². The fraction of sp³-hybridized carbons (Fsp3) is 0.600. The molecule has 1 unspecified atom stereocenters. The van der Waals surface area contributed by atoms with Crippen molar-refractivity contribution in [3.8, 4) is 0 Å². The summed E-state index contributed by atoms with van der Waals surface area (Å²) in [6.45, 7) is 0. The van der Waals surface area contributed by atoms with E-state index in [2.05, 4.69) is 12.9 Å². The van der Waals surface area contributed by atoms with E-state index in [1.165, 1.54) is 0 Å². The Morgan fingerprint density at radius 2 is 1.83 bits per heavy atom.